The summed E-state index contributed by atoms with van der Waals surface area (Å²) in [6.07, 6.45) is -0.729. The number of esters is 1. The second-order valence-electron chi connectivity index (χ2n) is 6.35. The molecule has 1 aromatic heterocycles. The number of nitrogens with one attached hydrogen (secondary N) is 1. The molecule has 2 aromatic carbocycles. The molecular weight excluding hydrogens is 454 g/mol. The molecule has 0 saturated heterocycles. The van der Waals surface area contributed by atoms with Gasteiger partial charge in [0.05, 0.1) is 5.69 Å². The minimum atomic E-state index is -0.840. The highest BCUT2D eigenvalue weighted by atomic mass is 35.5. The standard InChI is InChI=1S/C22H18ClN3O5S/c1-14(27)31-26-19(17-13-32-22(24-17)25-18(28)12-23)21(29)30-20(15-8-4-2-5-9-15)16-10-6-3-7-11-16/h2-11,13,20H,12H2,1H3,(H,24,25,28). The van der Waals surface area contributed by atoms with Crippen LogP contribution in [-0.2, 0) is 24.0 Å². The fourth-order valence-corrected chi connectivity index (χ4v) is 3.44. The minimum absolute atomic E-state index is 0.169. The molecule has 8 nitrogen and oxygen atoms in total. The van der Waals surface area contributed by atoms with E-state index in [1.165, 1.54) is 5.38 Å². The van der Waals surface area contributed by atoms with Gasteiger partial charge in [-0.05, 0) is 11.1 Å². The maximum Gasteiger partial charge on any atom is 0.363 e. The van der Waals surface area contributed by atoms with Gasteiger partial charge in [-0.1, -0.05) is 65.8 Å². The Kier molecular flexibility index (Phi) is 8.07. The molecule has 0 atom stereocenters. The molecule has 0 aliphatic heterocycles. The molecule has 1 N–H and O–H groups in total. The Balaban J connectivity index is 1.97. The number of hydrogen-bond acceptors (Lipinski definition) is 7. The van der Waals surface area contributed by atoms with Crippen LogP contribution in [0.5, 0.6) is 0 Å². The fourth-order valence-electron chi connectivity index (χ4n) is 2.65. The predicted molar refractivity (Wildman–Crippen MR) is 119 cm³/mol. The fraction of sp³-hybridized carbons (Fsp3) is 0.136. The maximum atomic E-state index is 13.1. The molecule has 3 rings (SSSR count). The number of rotatable bonds is 7. The molecule has 1 heterocycles. The molecule has 1 amide bonds. The Bertz CT molecular complexity index is 1150. The summed E-state index contributed by atoms with van der Waals surface area (Å²) >= 11 is 6.53. The number of benzene rings is 2. The van der Waals surface area contributed by atoms with Gasteiger partial charge in [-0.25, -0.2) is 9.59 Å². The second-order valence-corrected chi connectivity index (χ2v) is 7.47. The number of oxime groups is 1. The van der Waals surface area contributed by atoms with Gasteiger partial charge in [0.15, 0.2) is 10.9 Å². The first-order valence-corrected chi connectivity index (χ1v) is 10.8. The van der Waals surface area contributed by atoms with Gasteiger partial charge in [0, 0.05) is 12.3 Å². The Labute approximate surface area is 192 Å². The van der Waals surface area contributed by atoms with Gasteiger partial charge < -0.3 is 14.6 Å². The van der Waals surface area contributed by atoms with Crippen LogP contribution in [0.3, 0.4) is 0 Å². The van der Waals surface area contributed by atoms with Gasteiger partial charge in [-0.3, -0.25) is 4.79 Å². The van der Waals surface area contributed by atoms with Gasteiger partial charge in [0.2, 0.25) is 5.71 Å². The third-order valence-corrected chi connectivity index (χ3v) is 5.01. The van der Waals surface area contributed by atoms with Crippen molar-refractivity contribution in [2.75, 3.05) is 5.88 Å². The number of aromatic amines is 1. The highest BCUT2D eigenvalue weighted by Crippen LogP contribution is 2.26. The summed E-state index contributed by atoms with van der Waals surface area (Å²) in [5.41, 5.74) is 1.38. The summed E-state index contributed by atoms with van der Waals surface area (Å²) in [4.78, 5) is 47.3. The van der Waals surface area contributed by atoms with E-state index in [-0.39, 0.29) is 22.1 Å². The van der Waals surface area contributed by atoms with E-state index in [4.69, 9.17) is 21.2 Å². The number of amides is 1. The number of H-pyrrole nitrogens is 1. The maximum absolute atomic E-state index is 13.1. The van der Waals surface area contributed by atoms with Crippen molar-refractivity contribution >= 4 is 46.5 Å². The topological polar surface area (TPSA) is 110 Å². The van der Waals surface area contributed by atoms with Crippen LogP contribution in [0.2, 0.25) is 0 Å². The van der Waals surface area contributed by atoms with Gasteiger partial charge in [-0.15, -0.1) is 22.9 Å². The third-order valence-electron chi connectivity index (χ3n) is 4.01. The number of carbonyl (C=O) groups is 3. The van der Waals surface area contributed by atoms with E-state index in [1.807, 2.05) is 60.7 Å². The van der Waals surface area contributed by atoms with Crippen molar-refractivity contribution in [1.29, 1.82) is 0 Å². The van der Waals surface area contributed by atoms with Crippen molar-refractivity contribution in [1.82, 2.24) is 4.98 Å². The SMILES string of the molecule is CC(=O)ON=C(C(=O)OC(c1ccccc1)c1ccccc1)c1csc(=NC(=O)CCl)[nH]1. The van der Waals surface area contributed by atoms with Crippen molar-refractivity contribution in [3.8, 4) is 0 Å². The smallest absolute Gasteiger partial charge is 0.363 e. The number of ether oxygens (including phenoxy) is 1. The van der Waals surface area contributed by atoms with E-state index >= 15 is 0 Å². The summed E-state index contributed by atoms with van der Waals surface area (Å²) in [6, 6.07) is 18.4. The first-order valence-electron chi connectivity index (χ1n) is 9.36. The molecular formula is C22H18ClN3O5S. The van der Waals surface area contributed by atoms with Crippen LogP contribution in [-0.4, -0.2) is 34.4 Å². The first-order chi connectivity index (χ1) is 15.5. The van der Waals surface area contributed by atoms with E-state index in [0.717, 1.165) is 29.4 Å². The van der Waals surface area contributed by atoms with E-state index in [9.17, 15) is 14.4 Å². The van der Waals surface area contributed by atoms with Crippen LogP contribution in [0.15, 0.2) is 76.2 Å². The molecule has 0 fully saturated rings. The molecule has 32 heavy (non-hydrogen) atoms. The van der Waals surface area contributed by atoms with Gasteiger partial charge in [-0.2, -0.15) is 4.99 Å². The zero-order chi connectivity index (χ0) is 22.9. The van der Waals surface area contributed by atoms with E-state index in [2.05, 4.69) is 15.1 Å². The number of nitrogens with zero attached hydrogens (tertiary/aromatic N) is 2. The van der Waals surface area contributed by atoms with E-state index in [1.54, 1.807) is 0 Å². The molecule has 0 aliphatic rings. The summed E-state index contributed by atoms with van der Waals surface area (Å²) in [5, 5.41) is 5.17. The van der Waals surface area contributed by atoms with E-state index < -0.39 is 23.9 Å². The summed E-state index contributed by atoms with van der Waals surface area (Å²) < 4.78 is 5.79. The van der Waals surface area contributed by atoms with Crippen LogP contribution in [0.4, 0.5) is 0 Å². The minimum Gasteiger partial charge on any atom is -0.448 e. The van der Waals surface area contributed by atoms with Crippen LogP contribution in [0.1, 0.15) is 29.8 Å². The van der Waals surface area contributed by atoms with Crippen molar-refractivity contribution < 1.29 is 24.0 Å². The average Bonchev–Trinajstić information content (AvgIpc) is 3.26. The number of thiazole rings is 1. The van der Waals surface area contributed by atoms with Gasteiger partial charge in [0.25, 0.3) is 5.91 Å². The quantitative estimate of drug-likeness (QED) is 0.187. The Hall–Kier alpha value is -3.56. The molecule has 0 spiro atoms. The van der Waals surface area contributed by atoms with E-state index in [0.29, 0.717) is 0 Å². The van der Waals surface area contributed by atoms with Gasteiger partial charge >= 0.3 is 11.9 Å². The zero-order valence-corrected chi connectivity index (χ0v) is 18.4. The molecule has 3 aromatic rings. The summed E-state index contributed by atoms with van der Waals surface area (Å²) in [7, 11) is 0. The lowest BCUT2D eigenvalue weighted by Gasteiger charge is -2.19. The van der Waals surface area contributed by atoms with Crippen molar-refractivity contribution in [3.63, 3.8) is 0 Å². The number of carbonyl (C=O) groups excluding carboxylic acids is 3. The van der Waals surface area contributed by atoms with Crippen LogP contribution in [0.25, 0.3) is 0 Å². The summed E-state index contributed by atoms with van der Waals surface area (Å²) in [6.45, 7) is 1.15. The second kappa shape index (κ2) is 11.2. The van der Waals surface area contributed by atoms with Gasteiger partial charge in [0.1, 0.15) is 5.88 Å². The Morgan fingerprint density at radius 1 is 1.03 bits per heavy atom. The van der Waals surface area contributed by atoms with Crippen LogP contribution >= 0.6 is 22.9 Å². The highest BCUT2D eigenvalue weighted by Gasteiger charge is 2.25. The average molecular weight is 472 g/mol. The van der Waals surface area contributed by atoms with Crippen LogP contribution in [0, 0.1) is 0 Å². The number of hydrogen-bond donors (Lipinski definition) is 1. The Morgan fingerprint density at radius 3 is 2.16 bits per heavy atom. The Morgan fingerprint density at radius 2 is 1.62 bits per heavy atom. The predicted octanol–water partition coefficient (Wildman–Crippen LogP) is 3.34. The van der Waals surface area contributed by atoms with Crippen molar-refractivity contribution in [2.45, 2.75) is 13.0 Å². The lowest BCUT2D eigenvalue weighted by atomic mass is 10.0. The summed E-state index contributed by atoms with van der Waals surface area (Å²) in [5.74, 6) is -2.39. The molecule has 10 heteroatoms. The highest BCUT2D eigenvalue weighted by molar-refractivity contribution is 7.07. The molecule has 0 aliphatic carbocycles. The third kappa shape index (κ3) is 6.22. The molecule has 0 bridgehead atoms. The van der Waals surface area contributed by atoms with Crippen molar-refractivity contribution in [3.05, 3.63) is 87.7 Å². The molecule has 0 radical (unpaired) electrons. The molecule has 0 saturated carbocycles. The van der Waals surface area contributed by atoms with Crippen LogP contribution < -0.4 is 4.80 Å². The largest absolute Gasteiger partial charge is 0.448 e. The molecule has 0 unspecified atom stereocenters. The lowest BCUT2D eigenvalue weighted by molar-refractivity contribution is -0.141. The molecule has 164 valence electrons. The number of alkyl halides is 1. The number of halogens is 1. The first kappa shape index (κ1) is 23.1. The van der Waals surface area contributed by atoms with Crippen molar-refractivity contribution in [2.24, 2.45) is 10.1 Å². The monoisotopic (exact) mass is 471 g/mol. The zero-order valence-electron chi connectivity index (χ0n) is 16.9. The normalized spacial score (nSPS) is 12.0. The number of aromatic nitrogens is 1. The lowest BCUT2D eigenvalue weighted by Crippen LogP contribution is -2.24.